The van der Waals surface area contributed by atoms with Gasteiger partial charge in [-0.2, -0.15) is 0 Å². The number of alkyl carbamates (subject to hydrolysis) is 1. The van der Waals surface area contributed by atoms with Gasteiger partial charge in [-0.3, -0.25) is 4.79 Å². The summed E-state index contributed by atoms with van der Waals surface area (Å²) in [5, 5.41) is 15.3. The molecule has 2 aromatic rings. The zero-order valence-corrected chi connectivity index (χ0v) is 19.8. The molecule has 7 nitrogen and oxygen atoms in total. The number of carbonyl (C=O) groups is 3. The Kier molecular flexibility index (Phi) is 6.50. The number of carboxylic acids is 1. The second-order valence-electron chi connectivity index (χ2n) is 10.1. The normalized spacial score (nSPS) is 22.6. The number of hydrogen-bond acceptors (Lipinski definition) is 4. The number of ether oxygens (including phenoxy) is 1. The summed E-state index contributed by atoms with van der Waals surface area (Å²) in [4.78, 5) is 37.7. The van der Waals surface area contributed by atoms with Crippen molar-refractivity contribution in [2.24, 2.45) is 5.92 Å². The quantitative estimate of drug-likeness (QED) is 0.529. The van der Waals surface area contributed by atoms with Gasteiger partial charge in [-0.15, -0.1) is 0 Å². The van der Waals surface area contributed by atoms with Gasteiger partial charge in [-0.05, 0) is 54.4 Å². The van der Waals surface area contributed by atoms with Gasteiger partial charge in [0.25, 0.3) is 0 Å². The van der Waals surface area contributed by atoms with E-state index in [2.05, 4.69) is 34.9 Å². The Morgan fingerprint density at radius 3 is 2.11 bits per heavy atom. The molecule has 7 heteroatoms. The summed E-state index contributed by atoms with van der Waals surface area (Å²) < 4.78 is 5.71. The van der Waals surface area contributed by atoms with Gasteiger partial charge in [-0.1, -0.05) is 67.8 Å². The van der Waals surface area contributed by atoms with Gasteiger partial charge in [0.1, 0.15) is 12.1 Å². The molecular weight excluding hydrogens is 444 g/mol. The maximum Gasteiger partial charge on any atom is 0.407 e. The Bertz CT molecular complexity index is 1080. The van der Waals surface area contributed by atoms with E-state index in [-0.39, 0.29) is 24.5 Å². The van der Waals surface area contributed by atoms with Gasteiger partial charge in [0, 0.05) is 12.0 Å². The Morgan fingerprint density at radius 1 is 0.886 bits per heavy atom. The summed E-state index contributed by atoms with van der Waals surface area (Å²) in [6.07, 6.45) is 5.21. The molecule has 2 unspecified atom stereocenters. The van der Waals surface area contributed by atoms with Crippen molar-refractivity contribution in [3.05, 3.63) is 59.7 Å². The van der Waals surface area contributed by atoms with E-state index >= 15 is 0 Å². The van der Waals surface area contributed by atoms with Crippen LogP contribution < -0.4 is 10.6 Å². The highest BCUT2D eigenvalue weighted by Gasteiger charge is 2.47. The molecule has 0 spiro atoms. The number of rotatable bonds is 6. The third-order valence-corrected chi connectivity index (χ3v) is 7.98. The second-order valence-corrected chi connectivity index (χ2v) is 10.1. The van der Waals surface area contributed by atoms with Crippen LogP contribution in [0.2, 0.25) is 0 Å². The third kappa shape index (κ3) is 4.51. The summed E-state index contributed by atoms with van der Waals surface area (Å²) in [5.41, 5.74) is 3.47. The van der Waals surface area contributed by atoms with Gasteiger partial charge >= 0.3 is 12.1 Å². The van der Waals surface area contributed by atoms with E-state index in [1.165, 1.54) is 11.1 Å². The fourth-order valence-electron chi connectivity index (χ4n) is 5.84. The zero-order chi connectivity index (χ0) is 24.4. The van der Waals surface area contributed by atoms with Crippen molar-refractivity contribution in [3.8, 4) is 11.1 Å². The Hall–Kier alpha value is -3.35. The van der Waals surface area contributed by atoms with Crippen molar-refractivity contribution >= 4 is 18.0 Å². The van der Waals surface area contributed by atoms with E-state index in [0.717, 1.165) is 36.8 Å². The molecule has 2 fully saturated rings. The van der Waals surface area contributed by atoms with E-state index in [4.69, 9.17) is 4.74 Å². The zero-order valence-electron chi connectivity index (χ0n) is 19.8. The minimum atomic E-state index is -1.16. The Labute approximate surface area is 205 Å². The standard InChI is InChI=1S/C28H32N2O5/c31-25(30-28(26(32)33)15-8-16-28)22-13-2-1-3-14-24(22)29-27(34)35-17-23-20-11-6-4-9-18(20)19-10-5-7-12-21(19)23/h4-7,9-12,22-24H,1-3,8,13-17H2,(H,29,34)(H,30,31)(H,32,33). The molecule has 0 radical (unpaired) electrons. The number of carboxylic acid groups (broad SMARTS) is 1. The van der Waals surface area contributed by atoms with Crippen molar-refractivity contribution < 1.29 is 24.2 Å². The number of amides is 2. The SMILES string of the molecule is O=C(NC1CCCCCC1C(=O)NC1(C(=O)O)CCC1)OCC1c2ccccc2-c2ccccc21. The molecule has 184 valence electrons. The van der Waals surface area contributed by atoms with Crippen LogP contribution in [0.4, 0.5) is 4.79 Å². The molecule has 0 aliphatic heterocycles. The van der Waals surface area contributed by atoms with Gasteiger partial charge in [-0.25, -0.2) is 9.59 Å². The topological polar surface area (TPSA) is 105 Å². The fraction of sp³-hybridized carbons (Fsp3) is 0.464. The first kappa shape index (κ1) is 23.4. The Balaban J connectivity index is 1.24. The van der Waals surface area contributed by atoms with Crippen molar-refractivity contribution in [2.45, 2.75) is 68.9 Å². The van der Waals surface area contributed by atoms with Crippen LogP contribution in [-0.4, -0.2) is 41.3 Å². The first-order chi connectivity index (χ1) is 17.0. The lowest BCUT2D eigenvalue weighted by molar-refractivity contribution is -0.152. The summed E-state index contributed by atoms with van der Waals surface area (Å²) in [5.74, 6) is -1.75. The van der Waals surface area contributed by atoms with Gasteiger partial charge < -0.3 is 20.5 Å². The average Bonchev–Trinajstić information content (AvgIpc) is 2.96. The molecule has 2 aromatic carbocycles. The summed E-state index contributed by atoms with van der Waals surface area (Å²) in [7, 11) is 0. The molecule has 3 N–H and O–H groups in total. The molecule has 0 bridgehead atoms. The van der Waals surface area contributed by atoms with E-state index in [0.29, 0.717) is 25.7 Å². The largest absolute Gasteiger partial charge is 0.480 e. The van der Waals surface area contributed by atoms with Crippen LogP contribution in [0.1, 0.15) is 68.4 Å². The van der Waals surface area contributed by atoms with Crippen LogP contribution in [0.25, 0.3) is 11.1 Å². The summed E-state index contributed by atoms with van der Waals surface area (Å²) in [6.45, 7) is 0.214. The number of fused-ring (bicyclic) bond motifs is 3. The van der Waals surface area contributed by atoms with Crippen molar-refractivity contribution in [1.29, 1.82) is 0 Å². The highest BCUT2D eigenvalue weighted by molar-refractivity contribution is 5.89. The van der Waals surface area contributed by atoms with E-state index < -0.39 is 23.5 Å². The van der Waals surface area contributed by atoms with Crippen LogP contribution in [0, 0.1) is 5.92 Å². The van der Waals surface area contributed by atoms with Crippen LogP contribution in [0.3, 0.4) is 0 Å². The number of carbonyl (C=O) groups excluding carboxylic acids is 2. The molecule has 2 atom stereocenters. The van der Waals surface area contributed by atoms with E-state index in [9.17, 15) is 19.5 Å². The molecular formula is C28H32N2O5. The fourth-order valence-corrected chi connectivity index (χ4v) is 5.84. The first-order valence-electron chi connectivity index (χ1n) is 12.7. The lowest BCUT2D eigenvalue weighted by Crippen LogP contribution is -2.61. The van der Waals surface area contributed by atoms with Crippen LogP contribution >= 0.6 is 0 Å². The predicted molar refractivity (Wildman–Crippen MR) is 131 cm³/mol. The minimum absolute atomic E-state index is 0.0320. The van der Waals surface area contributed by atoms with Gasteiger partial charge in [0.2, 0.25) is 5.91 Å². The molecule has 0 aromatic heterocycles. The average molecular weight is 477 g/mol. The molecule has 0 saturated heterocycles. The molecule has 0 heterocycles. The highest BCUT2D eigenvalue weighted by Crippen LogP contribution is 2.44. The monoisotopic (exact) mass is 476 g/mol. The second kappa shape index (κ2) is 9.72. The number of aliphatic carboxylic acids is 1. The lowest BCUT2D eigenvalue weighted by Gasteiger charge is -2.39. The lowest BCUT2D eigenvalue weighted by atomic mass is 9.76. The minimum Gasteiger partial charge on any atom is -0.480 e. The molecule has 3 aliphatic rings. The number of benzene rings is 2. The highest BCUT2D eigenvalue weighted by atomic mass is 16.5. The number of nitrogens with one attached hydrogen (secondary N) is 2. The summed E-state index contributed by atoms with van der Waals surface area (Å²) in [6, 6.07) is 16.0. The molecule has 35 heavy (non-hydrogen) atoms. The maximum absolute atomic E-state index is 13.1. The van der Waals surface area contributed by atoms with Crippen LogP contribution in [0.15, 0.2) is 48.5 Å². The summed E-state index contributed by atoms with van der Waals surface area (Å²) >= 11 is 0. The van der Waals surface area contributed by atoms with Gasteiger partial charge in [0.05, 0.1) is 5.92 Å². The molecule has 2 saturated carbocycles. The third-order valence-electron chi connectivity index (χ3n) is 7.98. The molecule has 2 amide bonds. The van der Waals surface area contributed by atoms with E-state index in [1.54, 1.807) is 0 Å². The Morgan fingerprint density at radius 2 is 1.51 bits per heavy atom. The molecule has 5 rings (SSSR count). The van der Waals surface area contributed by atoms with E-state index in [1.807, 2.05) is 24.3 Å². The van der Waals surface area contributed by atoms with Crippen molar-refractivity contribution in [1.82, 2.24) is 10.6 Å². The van der Waals surface area contributed by atoms with Crippen molar-refractivity contribution in [3.63, 3.8) is 0 Å². The van der Waals surface area contributed by atoms with Gasteiger partial charge in [0.15, 0.2) is 0 Å². The molecule has 3 aliphatic carbocycles. The predicted octanol–water partition coefficient (Wildman–Crippen LogP) is 4.60. The van der Waals surface area contributed by atoms with Crippen molar-refractivity contribution in [2.75, 3.05) is 6.61 Å². The maximum atomic E-state index is 13.1. The first-order valence-corrected chi connectivity index (χ1v) is 12.7. The van der Waals surface area contributed by atoms with Crippen LogP contribution in [-0.2, 0) is 14.3 Å². The smallest absolute Gasteiger partial charge is 0.407 e. The van der Waals surface area contributed by atoms with Crippen LogP contribution in [0.5, 0.6) is 0 Å². The number of hydrogen-bond donors (Lipinski definition) is 3.